The van der Waals surface area contributed by atoms with Crippen molar-refractivity contribution < 1.29 is 5.11 Å². The Morgan fingerprint density at radius 3 is 2.44 bits per heavy atom. The molecule has 25 heavy (non-hydrogen) atoms. The number of thiazole rings is 1. The van der Waals surface area contributed by atoms with E-state index in [-0.39, 0.29) is 5.88 Å². The summed E-state index contributed by atoms with van der Waals surface area (Å²) in [6.07, 6.45) is 1.63. The lowest BCUT2D eigenvalue weighted by Crippen LogP contribution is -2.08. The Kier molecular flexibility index (Phi) is 5.06. The summed E-state index contributed by atoms with van der Waals surface area (Å²) in [5, 5.41) is 11.0. The topological polar surface area (TPSA) is 49.9 Å². The van der Waals surface area contributed by atoms with Gasteiger partial charge in [-0.05, 0) is 43.7 Å². The summed E-state index contributed by atoms with van der Waals surface area (Å²) < 4.78 is 1.65. The fraction of sp³-hybridized carbons (Fsp3) is 0.158. The molecule has 2 aromatic carbocycles. The highest BCUT2D eigenvalue weighted by atomic mass is 35.5. The predicted molar refractivity (Wildman–Crippen MR) is 105 cm³/mol. The normalized spacial score (nSPS) is 12.2. The van der Waals surface area contributed by atoms with E-state index in [9.17, 15) is 5.11 Å². The fourth-order valence-corrected chi connectivity index (χ4v) is 3.25. The lowest BCUT2D eigenvalue weighted by Gasteiger charge is -1.98. The Morgan fingerprint density at radius 2 is 1.76 bits per heavy atom. The molecular weight excluding hydrogens is 354 g/mol. The lowest BCUT2D eigenvalue weighted by molar-refractivity contribution is 0.428. The van der Waals surface area contributed by atoms with Crippen LogP contribution in [-0.4, -0.2) is 15.9 Å². The van der Waals surface area contributed by atoms with Gasteiger partial charge in [0.25, 0.3) is 0 Å². The Balaban J connectivity index is 1.94. The summed E-state index contributed by atoms with van der Waals surface area (Å²) in [6, 6.07) is 13.5. The standard InChI is InChI=1S/C19H18ClN3OS/c1-12-4-7-14(8-5-12)22-19-23(3)18(24)17(25-19)11-21-15-9-6-13(2)16(20)10-15/h4-11,24H,1-3H3. The molecular formula is C19H18ClN3OS. The molecule has 4 nitrogen and oxygen atoms in total. The van der Waals surface area contributed by atoms with Gasteiger partial charge < -0.3 is 5.11 Å². The van der Waals surface area contributed by atoms with E-state index >= 15 is 0 Å². The van der Waals surface area contributed by atoms with Crippen LogP contribution in [0.1, 0.15) is 16.0 Å². The van der Waals surface area contributed by atoms with Crippen molar-refractivity contribution in [2.75, 3.05) is 0 Å². The van der Waals surface area contributed by atoms with Crippen LogP contribution in [0.15, 0.2) is 52.4 Å². The van der Waals surface area contributed by atoms with Crippen LogP contribution < -0.4 is 4.80 Å². The molecule has 6 heteroatoms. The maximum absolute atomic E-state index is 10.3. The van der Waals surface area contributed by atoms with Gasteiger partial charge in [-0.25, -0.2) is 4.99 Å². The van der Waals surface area contributed by atoms with Gasteiger partial charge in [0.1, 0.15) is 4.88 Å². The molecule has 0 radical (unpaired) electrons. The molecule has 0 saturated heterocycles. The molecule has 0 aliphatic carbocycles. The number of rotatable bonds is 3. The van der Waals surface area contributed by atoms with E-state index in [1.54, 1.807) is 23.9 Å². The van der Waals surface area contributed by atoms with E-state index in [4.69, 9.17) is 11.6 Å². The van der Waals surface area contributed by atoms with Crippen molar-refractivity contribution in [3.8, 4) is 5.88 Å². The van der Waals surface area contributed by atoms with Gasteiger partial charge in [0.05, 0.1) is 17.6 Å². The number of nitrogens with zero attached hydrogens (tertiary/aromatic N) is 3. The van der Waals surface area contributed by atoms with Crippen molar-refractivity contribution >= 4 is 40.5 Å². The fourth-order valence-electron chi connectivity index (χ4n) is 2.18. The average Bonchev–Trinajstić information content (AvgIpc) is 2.86. The number of aryl methyl sites for hydroxylation is 2. The van der Waals surface area contributed by atoms with Crippen LogP contribution in [0.4, 0.5) is 11.4 Å². The molecule has 0 amide bonds. The van der Waals surface area contributed by atoms with E-state index in [1.807, 2.05) is 50.2 Å². The first-order valence-electron chi connectivity index (χ1n) is 7.74. The summed E-state index contributed by atoms with van der Waals surface area (Å²) in [7, 11) is 1.78. The van der Waals surface area contributed by atoms with E-state index in [0.717, 1.165) is 16.9 Å². The van der Waals surface area contributed by atoms with Crippen LogP contribution in [0.2, 0.25) is 5.02 Å². The van der Waals surface area contributed by atoms with Gasteiger partial charge in [-0.1, -0.05) is 46.7 Å². The minimum Gasteiger partial charge on any atom is -0.493 e. The van der Waals surface area contributed by atoms with E-state index in [0.29, 0.717) is 14.7 Å². The first-order chi connectivity index (χ1) is 11.9. The summed E-state index contributed by atoms with van der Waals surface area (Å²) in [6.45, 7) is 3.98. The molecule has 0 unspecified atom stereocenters. The van der Waals surface area contributed by atoms with Crippen molar-refractivity contribution in [2.45, 2.75) is 13.8 Å². The number of aliphatic imine (C=N–C) groups is 1. The molecule has 0 aliphatic rings. The summed E-state index contributed by atoms with van der Waals surface area (Å²) in [5.41, 5.74) is 3.77. The molecule has 0 fully saturated rings. The quantitative estimate of drug-likeness (QED) is 0.644. The highest BCUT2D eigenvalue weighted by molar-refractivity contribution is 7.11. The third-order valence-corrected chi connectivity index (χ3v) is 5.23. The summed E-state index contributed by atoms with van der Waals surface area (Å²) in [4.78, 5) is 10.3. The third kappa shape index (κ3) is 4.00. The van der Waals surface area contributed by atoms with Crippen molar-refractivity contribution in [3.63, 3.8) is 0 Å². The molecule has 3 rings (SSSR count). The first-order valence-corrected chi connectivity index (χ1v) is 8.94. The highest BCUT2D eigenvalue weighted by Crippen LogP contribution is 2.23. The second-order valence-corrected chi connectivity index (χ2v) is 7.19. The van der Waals surface area contributed by atoms with Gasteiger partial charge in [0, 0.05) is 12.1 Å². The van der Waals surface area contributed by atoms with Crippen LogP contribution in [0.3, 0.4) is 0 Å². The number of hydrogen-bond donors (Lipinski definition) is 1. The minimum atomic E-state index is 0.137. The number of halogens is 1. The van der Waals surface area contributed by atoms with Crippen LogP contribution in [0.5, 0.6) is 5.88 Å². The molecule has 1 heterocycles. The van der Waals surface area contributed by atoms with Crippen molar-refractivity contribution in [1.82, 2.24) is 4.57 Å². The van der Waals surface area contributed by atoms with Crippen molar-refractivity contribution in [3.05, 3.63) is 68.3 Å². The Hall–Kier alpha value is -2.37. The van der Waals surface area contributed by atoms with E-state index in [1.165, 1.54) is 16.9 Å². The molecule has 3 aromatic rings. The predicted octanol–water partition coefficient (Wildman–Crippen LogP) is 5.05. The van der Waals surface area contributed by atoms with Crippen molar-refractivity contribution in [1.29, 1.82) is 0 Å². The smallest absolute Gasteiger partial charge is 0.212 e. The maximum atomic E-state index is 10.3. The molecule has 0 saturated carbocycles. The van der Waals surface area contributed by atoms with E-state index in [2.05, 4.69) is 9.98 Å². The van der Waals surface area contributed by atoms with Crippen LogP contribution >= 0.6 is 22.9 Å². The van der Waals surface area contributed by atoms with Crippen molar-refractivity contribution in [2.24, 2.45) is 17.0 Å². The van der Waals surface area contributed by atoms with Gasteiger partial charge in [0.15, 0.2) is 4.80 Å². The number of aromatic hydroxyl groups is 1. The SMILES string of the molecule is Cc1ccc(N=c2sc(C=Nc3ccc(C)c(Cl)c3)c(O)n2C)cc1. The molecule has 1 aromatic heterocycles. The zero-order valence-corrected chi connectivity index (χ0v) is 15.8. The third-order valence-electron chi connectivity index (χ3n) is 3.77. The molecule has 128 valence electrons. The van der Waals surface area contributed by atoms with Gasteiger partial charge in [-0.2, -0.15) is 0 Å². The first kappa shape index (κ1) is 17.5. The second-order valence-electron chi connectivity index (χ2n) is 5.77. The van der Waals surface area contributed by atoms with Gasteiger partial charge >= 0.3 is 0 Å². The molecule has 0 spiro atoms. The second kappa shape index (κ2) is 7.25. The number of hydrogen-bond acceptors (Lipinski definition) is 4. The average molecular weight is 372 g/mol. The highest BCUT2D eigenvalue weighted by Gasteiger charge is 2.08. The Bertz CT molecular complexity index is 1000. The zero-order valence-electron chi connectivity index (χ0n) is 14.2. The number of aromatic nitrogens is 1. The maximum Gasteiger partial charge on any atom is 0.212 e. The van der Waals surface area contributed by atoms with Crippen LogP contribution in [0, 0.1) is 13.8 Å². The van der Waals surface area contributed by atoms with Gasteiger partial charge in [-0.3, -0.25) is 9.56 Å². The van der Waals surface area contributed by atoms with Gasteiger partial charge in [-0.15, -0.1) is 0 Å². The van der Waals surface area contributed by atoms with E-state index < -0.39 is 0 Å². The zero-order chi connectivity index (χ0) is 18.0. The van der Waals surface area contributed by atoms with Crippen LogP contribution in [0.25, 0.3) is 0 Å². The molecule has 0 atom stereocenters. The summed E-state index contributed by atoms with van der Waals surface area (Å²) >= 11 is 7.49. The molecule has 0 aliphatic heterocycles. The Morgan fingerprint density at radius 1 is 1.08 bits per heavy atom. The molecule has 0 bridgehead atoms. The van der Waals surface area contributed by atoms with Crippen LogP contribution in [-0.2, 0) is 7.05 Å². The lowest BCUT2D eigenvalue weighted by atomic mass is 10.2. The number of benzene rings is 2. The monoisotopic (exact) mass is 371 g/mol. The minimum absolute atomic E-state index is 0.137. The molecule has 1 N–H and O–H groups in total. The Labute approximate surface area is 155 Å². The summed E-state index contributed by atoms with van der Waals surface area (Å²) in [5.74, 6) is 0.137. The van der Waals surface area contributed by atoms with Gasteiger partial charge in [0.2, 0.25) is 5.88 Å². The largest absolute Gasteiger partial charge is 0.493 e.